The van der Waals surface area contributed by atoms with Crippen LogP contribution in [0.2, 0.25) is 5.02 Å². The summed E-state index contributed by atoms with van der Waals surface area (Å²) in [5, 5.41) is 3.34. The van der Waals surface area contributed by atoms with Crippen LogP contribution >= 0.6 is 11.6 Å². The lowest BCUT2D eigenvalue weighted by Gasteiger charge is -2.29. The molecule has 0 spiro atoms. The average molecular weight is 553 g/mol. The molecule has 1 fully saturated rings. The fraction of sp³-hybridized carbons (Fsp3) is 0.357. The summed E-state index contributed by atoms with van der Waals surface area (Å²) < 4.78 is 18.9. The lowest BCUT2D eigenvalue weighted by molar-refractivity contribution is -0.124. The molecule has 1 unspecified atom stereocenters. The summed E-state index contributed by atoms with van der Waals surface area (Å²) in [6.45, 7) is 3.71. The van der Waals surface area contributed by atoms with Crippen molar-refractivity contribution in [2.75, 3.05) is 31.7 Å². The van der Waals surface area contributed by atoms with Gasteiger partial charge in [0.1, 0.15) is 17.5 Å². The van der Waals surface area contributed by atoms with Crippen LogP contribution in [-0.2, 0) is 20.7 Å². The number of carbonyl (C=O) groups excluding carboxylic acids is 2. The number of amides is 2. The van der Waals surface area contributed by atoms with Gasteiger partial charge in [-0.3, -0.25) is 19.0 Å². The van der Waals surface area contributed by atoms with E-state index in [0.29, 0.717) is 48.5 Å². The summed E-state index contributed by atoms with van der Waals surface area (Å²) in [7, 11) is 0. The summed E-state index contributed by atoms with van der Waals surface area (Å²) in [6.07, 6.45) is 3.50. The van der Waals surface area contributed by atoms with Crippen molar-refractivity contribution < 1.29 is 23.8 Å². The number of ether oxygens (including phenoxy) is 3. The Morgan fingerprint density at radius 1 is 1.18 bits per heavy atom. The first-order valence-corrected chi connectivity index (χ1v) is 13.1. The number of anilines is 1. The standard InChI is InChI=1S/C28H29ClN4O6/c1-16-8-17-2-3-18(29)9-21(17)22-11-26(34)33(13-25(22)39-14-16)24(10-20-15-37-6-7-38-20)28(36)32-19-4-5-23(27(30)35)31-12-19/h2-5,9,11-13,16,20,24H,6-8,10,14-15H2,1H3,(H2,30,35)(H,32,36)/t16-,20-,24?/m1/s1. The topological polar surface area (TPSA) is 135 Å². The minimum atomic E-state index is -0.949. The van der Waals surface area contributed by atoms with Crippen LogP contribution in [0.3, 0.4) is 0 Å². The van der Waals surface area contributed by atoms with Gasteiger partial charge in [0.2, 0.25) is 5.91 Å². The van der Waals surface area contributed by atoms with Gasteiger partial charge < -0.3 is 25.3 Å². The third-order valence-corrected chi connectivity index (χ3v) is 7.03. The van der Waals surface area contributed by atoms with Crippen LogP contribution in [0, 0.1) is 5.92 Å². The quantitative estimate of drug-likeness (QED) is 0.479. The third kappa shape index (κ3) is 6.13. The highest BCUT2D eigenvalue weighted by atomic mass is 35.5. The smallest absolute Gasteiger partial charge is 0.267 e. The summed E-state index contributed by atoms with van der Waals surface area (Å²) in [6, 6.07) is 9.13. The molecule has 39 heavy (non-hydrogen) atoms. The molecule has 3 N–H and O–H groups in total. The number of rotatable bonds is 6. The van der Waals surface area contributed by atoms with E-state index in [1.807, 2.05) is 18.2 Å². The van der Waals surface area contributed by atoms with Gasteiger partial charge in [-0.05, 0) is 47.7 Å². The largest absolute Gasteiger partial charge is 0.491 e. The molecule has 4 heterocycles. The molecule has 3 aromatic rings. The molecule has 2 aromatic heterocycles. The van der Waals surface area contributed by atoms with Gasteiger partial charge >= 0.3 is 0 Å². The van der Waals surface area contributed by atoms with Gasteiger partial charge in [-0.25, -0.2) is 4.98 Å². The van der Waals surface area contributed by atoms with Crippen LogP contribution in [0.15, 0.2) is 53.6 Å². The summed E-state index contributed by atoms with van der Waals surface area (Å²) >= 11 is 6.32. The van der Waals surface area contributed by atoms with Crippen molar-refractivity contribution in [1.82, 2.24) is 9.55 Å². The summed E-state index contributed by atoms with van der Waals surface area (Å²) in [5.74, 6) is -0.427. The molecule has 5 rings (SSSR count). The second-order valence-corrected chi connectivity index (χ2v) is 10.3. The van der Waals surface area contributed by atoms with Crippen LogP contribution < -0.4 is 21.3 Å². The van der Waals surface area contributed by atoms with Crippen molar-refractivity contribution in [2.45, 2.75) is 31.9 Å². The fourth-order valence-electron chi connectivity index (χ4n) is 4.85. The first-order chi connectivity index (χ1) is 18.8. The molecule has 204 valence electrons. The molecule has 10 nitrogen and oxygen atoms in total. The van der Waals surface area contributed by atoms with Gasteiger partial charge in [-0.1, -0.05) is 24.6 Å². The Morgan fingerprint density at radius 2 is 2.03 bits per heavy atom. The molecule has 0 aliphatic carbocycles. The number of aromatic nitrogens is 2. The number of hydrogen-bond donors (Lipinski definition) is 2. The van der Waals surface area contributed by atoms with Gasteiger partial charge in [0.15, 0.2) is 0 Å². The number of nitrogens with one attached hydrogen (secondary N) is 1. The van der Waals surface area contributed by atoms with Crippen molar-refractivity contribution in [2.24, 2.45) is 11.7 Å². The highest BCUT2D eigenvalue weighted by molar-refractivity contribution is 6.30. The Balaban J connectivity index is 1.53. The number of halogens is 1. The average Bonchev–Trinajstić information content (AvgIpc) is 2.92. The molecule has 0 bridgehead atoms. The Bertz CT molecular complexity index is 1430. The molecule has 0 radical (unpaired) electrons. The molecule has 1 aromatic carbocycles. The van der Waals surface area contributed by atoms with Crippen LogP contribution in [0.1, 0.15) is 35.4 Å². The maximum Gasteiger partial charge on any atom is 0.267 e. The predicted octanol–water partition coefficient (Wildman–Crippen LogP) is 3.22. The van der Waals surface area contributed by atoms with E-state index < -0.39 is 17.9 Å². The van der Waals surface area contributed by atoms with E-state index in [4.69, 9.17) is 31.5 Å². The maximum absolute atomic E-state index is 13.6. The number of nitrogens with two attached hydrogens (primary N) is 1. The van der Waals surface area contributed by atoms with E-state index in [1.165, 1.54) is 29.0 Å². The van der Waals surface area contributed by atoms with Gasteiger partial charge in [0.25, 0.3) is 11.5 Å². The van der Waals surface area contributed by atoms with Crippen molar-refractivity contribution in [3.8, 4) is 16.9 Å². The summed E-state index contributed by atoms with van der Waals surface area (Å²) in [4.78, 5) is 42.5. The zero-order chi connectivity index (χ0) is 27.5. The number of hydrogen-bond acceptors (Lipinski definition) is 7. The van der Waals surface area contributed by atoms with E-state index in [1.54, 1.807) is 6.20 Å². The Hall–Kier alpha value is -3.73. The van der Waals surface area contributed by atoms with Crippen molar-refractivity contribution in [3.05, 3.63) is 75.4 Å². The van der Waals surface area contributed by atoms with Gasteiger partial charge in [-0.2, -0.15) is 0 Å². The normalized spacial score (nSPS) is 19.4. The molecule has 3 atom stereocenters. The Morgan fingerprint density at radius 3 is 2.74 bits per heavy atom. The number of primary amides is 1. The van der Waals surface area contributed by atoms with Gasteiger partial charge in [0.05, 0.1) is 50.6 Å². The predicted molar refractivity (Wildman–Crippen MR) is 145 cm³/mol. The van der Waals surface area contributed by atoms with Crippen LogP contribution in [0.25, 0.3) is 11.1 Å². The molecular formula is C28H29ClN4O6. The van der Waals surface area contributed by atoms with Gasteiger partial charge in [-0.15, -0.1) is 0 Å². The second kappa shape index (κ2) is 11.6. The molecule has 11 heteroatoms. The zero-order valence-corrected chi connectivity index (χ0v) is 22.1. The first kappa shape index (κ1) is 26.9. The number of benzene rings is 1. The highest BCUT2D eigenvalue weighted by Gasteiger charge is 2.30. The second-order valence-electron chi connectivity index (χ2n) is 9.82. The van der Waals surface area contributed by atoms with Gasteiger partial charge in [0, 0.05) is 23.1 Å². The molecule has 2 amide bonds. The lowest BCUT2D eigenvalue weighted by atomic mass is 9.92. The van der Waals surface area contributed by atoms with Crippen LogP contribution in [0.5, 0.6) is 5.75 Å². The van der Waals surface area contributed by atoms with E-state index in [-0.39, 0.29) is 29.7 Å². The van der Waals surface area contributed by atoms with E-state index in [2.05, 4.69) is 17.2 Å². The maximum atomic E-state index is 13.6. The SMILES string of the molecule is C[C@H]1COc2cn(C(C[C@@H]3COCCO3)C(=O)Nc3ccc(C(N)=O)nc3)c(=O)cc2-c2cc(Cl)ccc2C1. The number of carbonyl (C=O) groups is 2. The summed E-state index contributed by atoms with van der Waals surface area (Å²) in [5.41, 5.74) is 7.84. The first-order valence-electron chi connectivity index (χ1n) is 12.7. The molecular weight excluding hydrogens is 524 g/mol. The van der Waals surface area contributed by atoms with E-state index in [9.17, 15) is 14.4 Å². The molecule has 2 aliphatic heterocycles. The van der Waals surface area contributed by atoms with E-state index in [0.717, 1.165) is 17.5 Å². The highest BCUT2D eigenvalue weighted by Crippen LogP contribution is 2.37. The minimum Gasteiger partial charge on any atom is -0.491 e. The number of fused-ring (bicyclic) bond motifs is 3. The zero-order valence-electron chi connectivity index (χ0n) is 21.4. The molecule has 0 saturated carbocycles. The molecule has 1 saturated heterocycles. The third-order valence-electron chi connectivity index (χ3n) is 6.79. The minimum absolute atomic E-state index is 0.0713. The van der Waals surface area contributed by atoms with Crippen LogP contribution in [0.4, 0.5) is 5.69 Å². The van der Waals surface area contributed by atoms with Crippen molar-refractivity contribution in [3.63, 3.8) is 0 Å². The van der Waals surface area contributed by atoms with E-state index >= 15 is 0 Å². The number of pyridine rings is 2. The Kier molecular flexibility index (Phi) is 7.97. The fourth-order valence-corrected chi connectivity index (χ4v) is 5.02. The number of nitrogens with zero attached hydrogens (tertiary/aromatic N) is 2. The van der Waals surface area contributed by atoms with Crippen LogP contribution in [-0.4, -0.2) is 53.9 Å². The monoisotopic (exact) mass is 552 g/mol. The van der Waals surface area contributed by atoms with Crippen molar-refractivity contribution in [1.29, 1.82) is 0 Å². The van der Waals surface area contributed by atoms with Crippen molar-refractivity contribution >= 4 is 29.1 Å². The lowest BCUT2D eigenvalue weighted by Crippen LogP contribution is -2.38. The molecule has 2 aliphatic rings. The Labute approximate surface area is 230 Å².